The molecule has 3 fully saturated rings. The predicted molar refractivity (Wildman–Crippen MR) is 143 cm³/mol. The molecule has 5 nitrogen and oxygen atoms in total. The summed E-state index contributed by atoms with van der Waals surface area (Å²) in [4.78, 5) is 0. The molecule has 0 saturated heterocycles. The van der Waals surface area contributed by atoms with Gasteiger partial charge < -0.3 is 15.3 Å². The van der Waals surface area contributed by atoms with Gasteiger partial charge in [0.15, 0.2) is 0 Å². The maximum Gasteiger partial charge on any atom is 0.0571 e. The summed E-state index contributed by atoms with van der Waals surface area (Å²) >= 11 is 0. The number of aliphatic hydroxyl groups is 3. The van der Waals surface area contributed by atoms with Crippen LogP contribution in [0.25, 0.3) is 0 Å². The van der Waals surface area contributed by atoms with Gasteiger partial charge in [-0.25, -0.2) is 0 Å². The molecule has 10 atom stereocenters. The third-order valence-electron chi connectivity index (χ3n) is 13.2. The Balaban J connectivity index is 1.41. The van der Waals surface area contributed by atoms with Gasteiger partial charge in [-0.3, -0.25) is 5.10 Å². The van der Waals surface area contributed by atoms with Crippen LogP contribution in [0.4, 0.5) is 0 Å². The average molecular weight is 501 g/mol. The smallest absolute Gasteiger partial charge is 0.0571 e. The van der Waals surface area contributed by atoms with Gasteiger partial charge in [0.2, 0.25) is 0 Å². The van der Waals surface area contributed by atoms with Gasteiger partial charge >= 0.3 is 0 Å². The molecule has 0 aromatic carbocycles. The molecule has 4 aliphatic carbocycles. The summed E-state index contributed by atoms with van der Waals surface area (Å²) in [5.74, 6) is 2.68. The Bertz CT molecular complexity index is 946. The molecule has 0 spiro atoms. The first-order valence-electron chi connectivity index (χ1n) is 14.9. The van der Waals surface area contributed by atoms with Crippen LogP contribution in [0.3, 0.4) is 0 Å². The van der Waals surface area contributed by atoms with Crippen LogP contribution < -0.4 is 0 Å². The first-order valence-corrected chi connectivity index (χ1v) is 14.9. The van der Waals surface area contributed by atoms with Crippen molar-refractivity contribution in [3.63, 3.8) is 0 Å². The van der Waals surface area contributed by atoms with E-state index in [4.69, 9.17) is 0 Å². The Morgan fingerprint density at radius 1 is 1.14 bits per heavy atom. The topological polar surface area (TPSA) is 89.4 Å². The van der Waals surface area contributed by atoms with Crippen molar-refractivity contribution in [1.82, 2.24) is 10.2 Å². The van der Waals surface area contributed by atoms with E-state index in [0.717, 1.165) is 38.5 Å². The lowest BCUT2D eigenvalue weighted by atomic mass is 9.48. The summed E-state index contributed by atoms with van der Waals surface area (Å²) in [6.45, 7) is 14.5. The highest BCUT2D eigenvalue weighted by molar-refractivity contribution is 5.34. The standard InChI is InChI=1S/C31H52N2O3/c1-7-21(19(2)3)12-26(36)20(4)24-8-9-27-28(24,5)10-11-31(17-30(27,31)18-35)29(6)14-22-15-32-33-25(22)13-23(29)16-34/h15,19-21,23-24,26-27,34-36H,7-14,16-18H2,1-6H3,(H,32,33)/t20-,21+,23+,24+,26?,27+,28+,29-,30-,31-/m0/s1. The highest BCUT2D eigenvalue weighted by Gasteiger charge is 2.81. The number of aliphatic hydroxyl groups excluding tert-OH is 3. The summed E-state index contributed by atoms with van der Waals surface area (Å²) in [5.41, 5.74) is 2.67. The SMILES string of the molecule is CC[C@H](CC(O)[C@@H](C)[C@H]1CC[C@@H]2[C@]1(C)CC[C@@]1([C@@]3(C)Cc4cn[nH]c4C[C@@H]3CO)C[C@]21CO)C(C)C. The number of H-pyrrole nitrogens is 1. The van der Waals surface area contributed by atoms with E-state index in [1.807, 2.05) is 6.20 Å². The number of hydrogen-bond acceptors (Lipinski definition) is 4. The first-order chi connectivity index (χ1) is 17.0. The molecular weight excluding hydrogens is 448 g/mol. The van der Waals surface area contributed by atoms with E-state index in [1.54, 1.807) is 0 Å². The molecule has 1 aromatic rings. The van der Waals surface area contributed by atoms with Crippen LogP contribution in [-0.2, 0) is 12.8 Å². The van der Waals surface area contributed by atoms with Crippen LogP contribution in [-0.4, -0.2) is 44.8 Å². The zero-order valence-corrected chi connectivity index (χ0v) is 23.7. The number of rotatable bonds is 9. The zero-order valence-electron chi connectivity index (χ0n) is 23.7. The fraction of sp³-hybridized carbons (Fsp3) is 0.903. The average Bonchev–Trinajstić information content (AvgIpc) is 3.13. The molecule has 36 heavy (non-hydrogen) atoms. The second-order valence-electron chi connectivity index (χ2n) is 14.4. The minimum atomic E-state index is -0.247. The van der Waals surface area contributed by atoms with E-state index in [-0.39, 0.29) is 46.9 Å². The normalized spacial score (nSPS) is 44.0. The molecule has 4 N–H and O–H groups in total. The van der Waals surface area contributed by atoms with Crippen molar-refractivity contribution in [2.24, 2.45) is 57.2 Å². The summed E-state index contributed by atoms with van der Waals surface area (Å²) in [7, 11) is 0. The molecule has 1 aromatic heterocycles. The summed E-state index contributed by atoms with van der Waals surface area (Å²) in [6.07, 6.45) is 11.3. The van der Waals surface area contributed by atoms with E-state index in [2.05, 4.69) is 51.7 Å². The van der Waals surface area contributed by atoms with Crippen LogP contribution in [0.2, 0.25) is 0 Å². The van der Waals surface area contributed by atoms with E-state index in [9.17, 15) is 15.3 Å². The Kier molecular flexibility index (Phi) is 6.74. The third-order valence-corrected chi connectivity index (χ3v) is 13.2. The molecule has 3 saturated carbocycles. The zero-order chi connectivity index (χ0) is 26.1. The molecule has 0 radical (unpaired) electrons. The second-order valence-corrected chi connectivity index (χ2v) is 14.4. The predicted octanol–water partition coefficient (Wildman–Crippen LogP) is 5.39. The van der Waals surface area contributed by atoms with Crippen molar-refractivity contribution in [3.05, 3.63) is 17.5 Å². The van der Waals surface area contributed by atoms with Crippen LogP contribution in [0.15, 0.2) is 6.20 Å². The Hall–Kier alpha value is -0.910. The monoisotopic (exact) mass is 500 g/mol. The van der Waals surface area contributed by atoms with Crippen LogP contribution >= 0.6 is 0 Å². The maximum atomic E-state index is 11.4. The van der Waals surface area contributed by atoms with Crippen molar-refractivity contribution < 1.29 is 15.3 Å². The molecule has 1 heterocycles. The quantitative estimate of drug-likeness (QED) is 0.366. The van der Waals surface area contributed by atoms with Crippen molar-refractivity contribution in [1.29, 1.82) is 0 Å². The van der Waals surface area contributed by atoms with Crippen LogP contribution in [0.1, 0.15) is 97.7 Å². The number of fused-ring (bicyclic) bond motifs is 4. The fourth-order valence-corrected chi connectivity index (χ4v) is 10.7. The highest BCUT2D eigenvalue weighted by atomic mass is 16.3. The number of aromatic amines is 1. The van der Waals surface area contributed by atoms with Gasteiger partial charge in [-0.2, -0.15) is 5.10 Å². The van der Waals surface area contributed by atoms with E-state index < -0.39 is 0 Å². The van der Waals surface area contributed by atoms with Gasteiger partial charge in [-0.05, 0) is 109 Å². The lowest BCUT2D eigenvalue weighted by Crippen LogP contribution is -2.53. The number of hydrogen-bond donors (Lipinski definition) is 4. The lowest BCUT2D eigenvalue weighted by molar-refractivity contribution is -0.100. The molecular formula is C31H52N2O3. The summed E-state index contributed by atoms with van der Waals surface area (Å²) in [5, 5.41) is 40.5. The molecule has 4 aliphatic rings. The molecule has 0 aliphatic heterocycles. The van der Waals surface area contributed by atoms with Crippen molar-refractivity contribution in [2.45, 2.75) is 105 Å². The van der Waals surface area contributed by atoms with E-state index in [0.29, 0.717) is 29.6 Å². The minimum absolute atomic E-state index is 0.0302. The third kappa shape index (κ3) is 3.47. The number of aromatic nitrogens is 2. The lowest BCUT2D eigenvalue weighted by Gasteiger charge is -2.56. The van der Waals surface area contributed by atoms with Gasteiger partial charge in [-0.15, -0.1) is 0 Å². The number of nitrogens with one attached hydrogen (secondary N) is 1. The van der Waals surface area contributed by atoms with E-state index >= 15 is 0 Å². The highest BCUT2D eigenvalue weighted by Crippen LogP contribution is 2.86. The van der Waals surface area contributed by atoms with Gasteiger partial charge in [0, 0.05) is 24.3 Å². The van der Waals surface area contributed by atoms with Crippen molar-refractivity contribution in [2.75, 3.05) is 13.2 Å². The molecule has 5 heteroatoms. The summed E-state index contributed by atoms with van der Waals surface area (Å²) < 4.78 is 0. The van der Waals surface area contributed by atoms with Gasteiger partial charge in [-0.1, -0.05) is 48.0 Å². The van der Waals surface area contributed by atoms with Crippen LogP contribution in [0, 0.1) is 57.2 Å². The molecule has 5 rings (SSSR count). The van der Waals surface area contributed by atoms with Crippen molar-refractivity contribution in [3.8, 4) is 0 Å². The Labute approximate surface area is 218 Å². The van der Waals surface area contributed by atoms with Gasteiger partial charge in [0.25, 0.3) is 0 Å². The first kappa shape index (κ1) is 26.7. The second kappa shape index (κ2) is 9.09. The minimum Gasteiger partial charge on any atom is -0.396 e. The van der Waals surface area contributed by atoms with Gasteiger partial charge in [0.1, 0.15) is 0 Å². The largest absolute Gasteiger partial charge is 0.396 e. The summed E-state index contributed by atoms with van der Waals surface area (Å²) in [6, 6.07) is 0. The Morgan fingerprint density at radius 2 is 1.89 bits per heavy atom. The maximum absolute atomic E-state index is 11.4. The molecule has 0 amide bonds. The fourth-order valence-electron chi connectivity index (χ4n) is 10.7. The molecule has 204 valence electrons. The van der Waals surface area contributed by atoms with Crippen LogP contribution in [0.5, 0.6) is 0 Å². The molecule has 0 bridgehead atoms. The van der Waals surface area contributed by atoms with Crippen molar-refractivity contribution >= 4 is 0 Å². The van der Waals surface area contributed by atoms with Gasteiger partial charge in [0.05, 0.1) is 12.3 Å². The number of nitrogens with zero attached hydrogens (tertiary/aromatic N) is 1. The Morgan fingerprint density at radius 3 is 2.53 bits per heavy atom. The molecule has 1 unspecified atom stereocenters. The van der Waals surface area contributed by atoms with E-state index in [1.165, 1.54) is 30.5 Å².